The molecule has 1 saturated heterocycles. The van der Waals surface area contributed by atoms with E-state index in [0.29, 0.717) is 42.7 Å². The number of likely N-dealkylation sites (tertiary alicyclic amines) is 1. The molecule has 2 atom stereocenters. The third-order valence-electron chi connectivity index (χ3n) is 4.86. The van der Waals surface area contributed by atoms with Gasteiger partial charge in [0.2, 0.25) is 0 Å². The van der Waals surface area contributed by atoms with Crippen LogP contribution in [0.25, 0.3) is 0 Å². The molecular weight excluding hydrogens is 376 g/mol. The fraction of sp³-hybridized carbons (Fsp3) is 0.409. The first kappa shape index (κ1) is 22.1. The van der Waals surface area contributed by atoms with Crippen molar-refractivity contribution in [3.05, 3.63) is 59.7 Å². The van der Waals surface area contributed by atoms with E-state index in [-0.39, 0.29) is 30.3 Å². The Bertz CT molecular complexity index is 783. The number of halogens is 1. The first-order chi connectivity index (χ1) is 13.0. The highest BCUT2D eigenvalue weighted by Gasteiger charge is 2.34. The number of nitrogens with zero attached hydrogens (tertiary/aromatic N) is 1. The summed E-state index contributed by atoms with van der Waals surface area (Å²) in [6.45, 7) is 5.95. The first-order valence-electron chi connectivity index (χ1n) is 9.40. The van der Waals surface area contributed by atoms with Crippen molar-refractivity contribution in [3.63, 3.8) is 0 Å². The molecule has 3 rings (SSSR count). The van der Waals surface area contributed by atoms with Crippen LogP contribution in [0.2, 0.25) is 0 Å². The SMILES string of the molecule is COc1cc(C(=O)N2C[C@@H](N)[C@H](c3ccccc3)C2)ccc1OCC(C)C.Cl. The maximum atomic E-state index is 13.0. The molecule has 0 bridgehead atoms. The van der Waals surface area contributed by atoms with Crippen LogP contribution in [-0.2, 0) is 0 Å². The second kappa shape index (κ2) is 9.80. The van der Waals surface area contributed by atoms with Gasteiger partial charge in [0.25, 0.3) is 5.91 Å². The molecule has 0 aliphatic carbocycles. The van der Waals surface area contributed by atoms with E-state index in [2.05, 4.69) is 26.0 Å². The van der Waals surface area contributed by atoms with Gasteiger partial charge in [-0.05, 0) is 29.7 Å². The van der Waals surface area contributed by atoms with Gasteiger partial charge in [-0.15, -0.1) is 12.4 Å². The summed E-state index contributed by atoms with van der Waals surface area (Å²) in [4.78, 5) is 14.8. The summed E-state index contributed by atoms with van der Waals surface area (Å²) in [6.07, 6.45) is 0. The molecule has 0 unspecified atom stereocenters. The van der Waals surface area contributed by atoms with E-state index < -0.39 is 0 Å². The number of rotatable bonds is 6. The quantitative estimate of drug-likeness (QED) is 0.796. The minimum atomic E-state index is -0.0631. The van der Waals surface area contributed by atoms with Gasteiger partial charge in [-0.2, -0.15) is 0 Å². The Morgan fingerprint density at radius 2 is 1.86 bits per heavy atom. The molecule has 0 radical (unpaired) electrons. The Balaban J connectivity index is 0.00000280. The van der Waals surface area contributed by atoms with Gasteiger partial charge in [0.1, 0.15) is 0 Å². The molecule has 5 nitrogen and oxygen atoms in total. The molecule has 2 N–H and O–H groups in total. The summed E-state index contributed by atoms with van der Waals surface area (Å²) in [7, 11) is 1.59. The Morgan fingerprint density at radius 3 is 2.50 bits per heavy atom. The molecule has 28 heavy (non-hydrogen) atoms. The number of amides is 1. The van der Waals surface area contributed by atoms with Crippen molar-refractivity contribution in [3.8, 4) is 11.5 Å². The Labute approximate surface area is 173 Å². The zero-order chi connectivity index (χ0) is 19.4. The molecular formula is C22H29ClN2O3. The fourth-order valence-electron chi connectivity index (χ4n) is 3.41. The largest absolute Gasteiger partial charge is 0.493 e. The average molecular weight is 405 g/mol. The highest BCUT2D eigenvalue weighted by atomic mass is 35.5. The molecule has 1 amide bonds. The van der Waals surface area contributed by atoms with Gasteiger partial charge in [0, 0.05) is 30.6 Å². The van der Waals surface area contributed by atoms with E-state index in [1.54, 1.807) is 25.3 Å². The third-order valence-corrected chi connectivity index (χ3v) is 4.86. The number of carbonyl (C=O) groups is 1. The number of nitrogens with two attached hydrogens (primary N) is 1. The maximum Gasteiger partial charge on any atom is 0.254 e. The van der Waals surface area contributed by atoms with Crippen molar-refractivity contribution in [2.45, 2.75) is 25.8 Å². The zero-order valence-corrected chi connectivity index (χ0v) is 17.4. The number of carbonyl (C=O) groups excluding carboxylic acids is 1. The lowest BCUT2D eigenvalue weighted by Gasteiger charge is -2.18. The monoisotopic (exact) mass is 404 g/mol. The predicted octanol–water partition coefficient (Wildman–Crippen LogP) is 3.72. The minimum Gasteiger partial charge on any atom is -0.493 e. The van der Waals surface area contributed by atoms with E-state index in [9.17, 15) is 4.79 Å². The summed E-state index contributed by atoms with van der Waals surface area (Å²) in [5, 5.41) is 0. The van der Waals surface area contributed by atoms with Gasteiger partial charge < -0.3 is 20.1 Å². The first-order valence-corrected chi connectivity index (χ1v) is 9.40. The molecule has 6 heteroatoms. The standard InChI is InChI=1S/C22H28N2O3.ClH/c1-15(2)14-27-20-10-9-17(11-21(20)26-3)22(25)24-12-18(19(23)13-24)16-7-5-4-6-8-16;/h4-11,15,18-19H,12-14,23H2,1-3H3;1H/t18-,19+;/m0./s1. The normalized spacial score (nSPS) is 18.7. The lowest BCUT2D eigenvalue weighted by molar-refractivity contribution is 0.0788. The Morgan fingerprint density at radius 1 is 1.14 bits per heavy atom. The minimum absolute atomic E-state index is 0. The van der Waals surface area contributed by atoms with E-state index in [1.165, 1.54) is 5.56 Å². The van der Waals surface area contributed by atoms with Crippen molar-refractivity contribution in [1.82, 2.24) is 4.90 Å². The molecule has 2 aromatic rings. The summed E-state index contributed by atoms with van der Waals surface area (Å²) in [5.41, 5.74) is 8.09. The van der Waals surface area contributed by atoms with E-state index >= 15 is 0 Å². The van der Waals surface area contributed by atoms with Crippen molar-refractivity contribution in [2.75, 3.05) is 26.8 Å². The molecule has 1 aliphatic rings. The number of ether oxygens (including phenoxy) is 2. The maximum absolute atomic E-state index is 13.0. The smallest absolute Gasteiger partial charge is 0.254 e. The highest BCUT2D eigenvalue weighted by Crippen LogP contribution is 2.31. The number of hydrogen-bond acceptors (Lipinski definition) is 4. The molecule has 0 saturated carbocycles. The van der Waals surface area contributed by atoms with E-state index in [0.717, 1.165) is 0 Å². The molecule has 0 spiro atoms. The molecule has 1 aliphatic heterocycles. The highest BCUT2D eigenvalue weighted by molar-refractivity contribution is 5.95. The van der Waals surface area contributed by atoms with Crippen LogP contribution in [0.1, 0.15) is 35.7 Å². The van der Waals surface area contributed by atoms with E-state index in [4.69, 9.17) is 15.2 Å². The lowest BCUT2D eigenvalue weighted by atomic mass is 9.95. The topological polar surface area (TPSA) is 64.8 Å². The van der Waals surface area contributed by atoms with Crippen LogP contribution in [0.5, 0.6) is 11.5 Å². The van der Waals surface area contributed by atoms with Crippen molar-refractivity contribution < 1.29 is 14.3 Å². The van der Waals surface area contributed by atoms with Crippen LogP contribution >= 0.6 is 12.4 Å². The van der Waals surface area contributed by atoms with E-state index in [1.807, 2.05) is 23.1 Å². The molecule has 1 heterocycles. The van der Waals surface area contributed by atoms with Gasteiger partial charge in [-0.3, -0.25) is 4.79 Å². The number of benzene rings is 2. The van der Waals surface area contributed by atoms with Crippen LogP contribution in [0.4, 0.5) is 0 Å². The van der Waals surface area contributed by atoms with Gasteiger partial charge in [-0.1, -0.05) is 44.2 Å². The Kier molecular flexibility index (Phi) is 7.72. The second-order valence-corrected chi connectivity index (χ2v) is 7.46. The van der Waals surface area contributed by atoms with Gasteiger partial charge in [-0.25, -0.2) is 0 Å². The number of methoxy groups -OCH3 is 1. The summed E-state index contributed by atoms with van der Waals surface area (Å²) < 4.78 is 11.2. The predicted molar refractivity (Wildman–Crippen MR) is 114 cm³/mol. The average Bonchev–Trinajstić information content (AvgIpc) is 3.08. The molecule has 1 fully saturated rings. The molecule has 2 aromatic carbocycles. The fourth-order valence-corrected chi connectivity index (χ4v) is 3.41. The summed E-state index contributed by atoms with van der Waals surface area (Å²) in [5.74, 6) is 1.77. The van der Waals surface area contributed by atoms with Crippen LogP contribution in [0.15, 0.2) is 48.5 Å². The molecule has 152 valence electrons. The Hall–Kier alpha value is -2.24. The van der Waals surface area contributed by atoms with Crippen LogP contribution in [-0.4, -0.2) is 43.7 Å². The summed E-state index contributed by atoms with van der Waals surface area (Å²) in [6, 6.07) is 15.4. The zero-order valence-electron chi connectivity index (χ0n) is 16.6. The lowest BCUT2D eigenvalue weighted by Crippen LogP contribution is -2.32. The third kappa shape index (κ3) is 4.97. The van der Waals surface area contributed by atoms with Crippen molar-refractivity contribution >= 4 is 18.3 Å². The van der Waals surface area contributed by atoms with Gasteiger partial charge >= 0.3 is 0 Å². The van der Waals surface area contributed by atoms with Crippen LogP contribution in [0, 0.1) is 5.92 Å². The van der Waals surface area contributed by atoms with Crippen molar-refractivity contribution in [2.24, 2.45) is 11.7 Å². The number of hydrogen-bond donors (Lipinski definition) is 1. The van der Waals surface area contributed by atoms with Crippen molar-refractivity contribution in [1.29, 1.82) is 0 Å². The summed E-state index contributed by atoms with van der Waals surface area (Å²) >= 11 is 0. The molecule has 0 aromatic heterocycles. The van der Waals surface area contributed by atoms with Crippen LogP contribution in [0.3, 0.4) is 0 Å². The van der Waals surface area contributed by atoms with Gasteiger partial charge in [0.15, 0.2) is 11.5 Å². The van der Waals surface area contributed by atoms with Crippen LogP contribution < -0.4 is 15.2 Å². The second-order valence-electron chi connectivity index (χ2n) is 7.46. The van der Waals surface area contributed by atoms with Gasteiger partial charge in [0.05, 0.1) is 13.7 Å².